The summed E-state index contributed by atoms with van der Waals surface area (Å²) < 4.78 is 12.5. The van der Waals surface area contributed by atoms with E-state index >= 15 is 0 Å². The number of rotatable bonds is 31. The molecule has 0 atom stereocenters. The summed E-state index contributed by atoms with van der Waals surface area (Å²) in [7, 11) is 4.01. The minimum Gasteiger partial charge on any atom is -0.461 e. The van der Waals surface area contributed by atoms with Crippen LogP contribution in [0.5, 0.6) is 0 Å². The molecule has 0 fully saturated rings. The van der Waals surface area contributed by atoms with E-state index in [4.69, 9.17) is 9.47 Å². The van der Waals surface area contributed by atoms with E-state index in [1.807, 2.05) is 37.0 Å². The number of amides is 1. The summed E-state index contributed by atoms with van der Waals surface area (Å²) in [5, 5.41) is 0.0607. The molecule has 0 aromatic heterocycles. The van der Waals surface area contributed by atoms with Crippen LogP contribution in [0.2, 0.25) is 0 Å². The highest BCUT2D eigenvalue weighted by Crippen LogP contribution is 2.10. The molecule has 0 saturated carbocycles. The maximum absolute atomic E-state index is 12.9. The minimum absolute atomic E-state index is 0.0607. The molecule has 0 saturated heterocycles. The van der Waals surface area contributed by atoms with E-state index in [0.29, 0.717) is 32.6 Å². The van der Waals surface area contributed by atoms with Gasteiger partial charge in [-0.25, -0.2) is 4.79 Å². The number of unbranched alkanes of at least 4 members (excludes halogenated alkanes) is 15. The van der Waals surface area contributed by atoms with Crippen molar-refractivity contribution in [2.75, 3.05) is 46.2 Å². The number of thioether (sulfide) groups is 1. The van der Waals surface area contributed by atoms with Gasteiger partial charge in [-0.3, -0.25) is 9.59 Å². The SMILES string of the molecule is CCCCCCC/C=C\COC(=O)CCCCC/[N+](=C\CCCCC(=O)OC/C=C\CCCCCCCC)C(=O)SCCN(C)C. The molecule has 0 aliphatic heterocycles. The fourth-order valence-corrected chi connectivity index (χ4v) is 5.71. The molecule has 0 aromatic carbocycles. The number of carbonyl (C=O) groups excluding carboxylic acids is 3. The summed E-state index contributed by atoms with van der Waals surface area (Å²) in [5.74, 6) is 0.423. The zero-order valence-corrected chi connectivity index (χ0v) is 30.9. The first-order chi connectivity index (χ1) is 22.4. The van der Waals surface area contributed by atoms with Crippen molar-refractivity contribution in [3.63, 3.8) is 0 Å². The molecule has 0 aliphatic carbocycles. The Labute approximate surface area is 287 Å². The van der Waals surface area contributed by atoms with Gasteiger partial charge >= 0.3 is 17.2 Å². The topological polar surface area (TPSA) is 75.9 Å². The Kier molecular flexibility index (Phi) is 33.0. The average Bonchev–Trinajstić information content (AvgIpc) is 3.03. The highest BCUT2D eigenvalue weighted by Gasteiger charge is 2.18. The van der Waals surface area contributed by atoms with E-state index in [-0.39, 0.29) is 17.2 Å². The third-order valence-corrected chi connectivity index (χ3v) is 8.54. The second kappa shape index (κ2) is 34.4. The molecule has 46 heavy (non-hydrogen) atoms. The molecule has 266 valence electrons. The van der Waals surface area contributed by atoms with Crippen molar-refractivity contribution < 1.29 is 28.4 Å². The highest BCUT2D eigenvalue weighted by atomic mass is 32.2. The van der Waals surface area contributed by atoms with Crippen molar-refractivity contribution in [1.29, 1.82) is 0 Å². The quantitative estimate of drug-likeness (QED) is 0.0240. The monoisotopic (exact) mass is 665 g/mol. The van der Waals surface area contributed by atoms with Crippen LogP contribution >= 0.6 is 11.8 Å². The lowest BCUT2D eigenvalue weighted by Crippen LogP contribution is -2.22. The van der Waals surface area contributed by atoms with Crippen molar-refractivity contribution in [2.45, 2.75) is 149 Å². The van der Waals surface area contributed by atoms with Crippen LogP contribution in [-0.2, 0) is 19.1 Å². The number of hydrogen-bond donors (Lipinski definition) is 0. The number of ether oxygens (including phenoxy) is 2. The molecular formula is C38H69N2O5S+. The Morgan fingerprint density at radius 1 is 0.609 bits per heavy atom. The van der Waals surface area contributed by atoms with Gasteiger partial charge in [-0.1, -0.05) is 95.9 Å². The first-order valence-electron chi connectivity index (χ1n) is 18.4. The summed E-state index contributed by atoms with van der Waals surface area (Å²) >= 11 is 1.34. The zero-order valence-electron chi connectivity index (χ0n) is 30.1. The Balaban J connectivity index is 4.25. The van der Waals surface area contributed by atoms with Crippen LogP contribution in [0.4, 0.5) is 4.79 Å². The first-order valence-corrected chi connectivity index (χ1v) is 19.4. The summed E-state index contributed by atoms with van der Waals surface area (Å²) in [5.41, 5.74) is 0. The predicted octanol–water partition coefficient (Wildman–Crippen LogP) is 9.92. The number of hydrogen-bond acceptors (Lipinski definition) is 7. The van der Waals surface area contributed by atoms with E-state index in [0.717, 1.165) is 63.7 Å². The van der Waals surface area contributed by atoms with Gasteiger partial charge in [0.2, 0.25) is 0 Å². The molecule has 0 radical (unpaired) electrons. The van der Waals surface area contributed by atoms with E-state index < -0.39 is 0 Å². The van der Waals surface area contributed by atoms with Gasteiger partial charge < -0.3 is 14.4 Å². The average molecular weight is 666 g/mol. The lowest BCUT2D eigenvalue weighted by atomic mass is 10.1. The molecule has 0 spiro atoms. The van der Waals surface area contributed by atoms with Crippen molar-refractivity contribution in [3.05, 3.63) is 24.3 Å². The number of nitrogens with zero attached hydrogens (tertiary/aromatic N) is 2. The van der Waals surface area contributed by atoms with Crippen LogP contribution in [-0.4, -0.2) is 79.0 Å². The van der Waals surface area contributed by atoms with E-state index in [2.05, 4.69) is 30.9 Å². The molecule has 0 unspecified atom stereocenters. The molecule has 0 heterocycles. The van der Waals surface area contributed by atoms with Gasteiger partial charge in [-0.2, -0.15) is 4.58 Å². The van der Waals surface area contributed by atoms with Gasteiger partial charge in [0, 0.05) is 38.0 Å². The van der Waals surface area contributed by atoms with Gasteiger partial charge in [0.05, 0.1) is 0 Å². The van der Waals surface area contributed by atoms with Crippen LogP contribution in [0.1, 0.15) is 149 Å². The van der Waals surface area contributed by atoms with Gasteiger partial charge in [0.1, 0.15) is 19.4 Å². The minimum atomic E-state index is -0.163. The van der Waals surface area contributed by atoms with Gasteiger partial charge in [0.25, 0.3) is 0 Å². The summed E-state index contributed by atoms with van der Waals surface area (Å²) in [4.78, 5) is 39.1. The number of esters is 2. The predicted molar refractivity (Wildman–Crippen MR) is 196 cm³/mol. The Morgan fingerprint density at radius 2 is 1.09 bits per heavy atom. The largest absolute Gasteiger partial charge is 0.461 e. The van der Waals surface area contributed by atoms with Crippen molar-refractivity contribution in [1.82, 2.24) is 4.90 Å². The van der Waals surface area contributed by atoms with Gasteiger partial charge in [-0.05, 0) is 77.2 Å². The van der Waals surface area contributed by atoms with Crippen molar-refractivity contribution in [3.8, 4) is 0 Å². The fourth-order valence-electron chi connectivity index (χ4n) is 4.75. The molecule has 7 nitrogen and oxygen atoms in total. The molecular weight excluding hydrogens is 596 g/mol. The zero-order chi connectivity index (χ0) is 33.9. The van der Waals surface area contributed by atoms with Crippen LogP contribution in [0.15, 0.2) is 24.3 Å². The van der Waals surface area contributed by atoms with E-state index in [9.17, 15) is 14.4 Å². The molecule has 0 rings (SSSR count). The van der Waals surface area contributed by atoms with Crippen LogP contribution in [0.25, 0.3) is 0 Å². The van der Waals surface area contributed by atoms with Crippen molar-refractivity contribution in [2.24, 2.45) is 0 Å². The van der Waals surface area contributed by atoms with Crippen LogP contribution < -0.4 is 0 Å². The second-order valence-corrected chi connectivity index (χ2v) is 13.5. The van der Waals surface area contributed by atoms with E-state index in [1.165, 1.54) is 82.4 Å². The third-order valence-electron chi connectivity index (χ3n) is 7.68. The van der Waals surface area contributed by atoms with Gasteiger partial charge in [0.15, 0.2) is 6.54 Å². The highest BCUT2D eigenvalue weighted by molar-refractivity contribution is 8.13. The van der Waals surface area contributed by atoms with Crippen LogP contribution in [0, 0.1) is 0 Å². The lowest BCUT2D eigenvalue weighted by molar-refractivity contribution is -0.414. The molecule has 0 aromatic rings. The van der Waals surface area contributed by atoms with Gasteiger partial charge in [-0.15, -0.1) is 0 Å². The second-order valence-electron chi connectivity index (χ2n) is 12.4. The fraction of sp³-hybridized carbons (Fsp3) is 0.789. The van der Waals surface area contributed by atoms with E-state index in [1.54, 1.807) is 0 Å². The maximum atomic E-state index is 12.9. The number of allylic oxidation sites excluding steroid dienone is 2. The standard InChI is InChI=1S/C38H69N2O5S/c1-5-7-9-11-13-15-17-19-27-34-45-37(42)29-23-21-25-31-40(38(43)46-35-32-39(3)4)30-24-20-22-28-36(41)44-33-26-18-16-14-12-10-8-6-2/h18-19,26-27,31H,5-17,20-25,28-30,32-35H2,1-4H3/q+1/b26-18-,27-19-,40-31+. The Morgan fingerprint density at radius 3 is 1.63 bits per heavy atom. The summed E-state index contributed by atoms with van der Waals surface area (Å²) in [6.07, 6.45) is 31.8. The molecule has 8 heteroatoms. The Bertz CT molecular complexity index is 841. The molecule has 0 aliphatic rings. The Hall–Kier alpha value is -1.93. The molecule has 0 bridgehead atoms. The molecule has 1 amide bonds. The molecule has 0 N–H and O–H groups in total. The summed E-state index contributed by atoms with van der Waals surface area (Å²) in [6, 6.07) is 0. The normalized spacial score (nSPS) is 12.1. The maximum Gasteiger partial charge on any atom is 0.448 e. The third kappa shape index (κ3) is 32.0. The smallest absolute Gasteiger partial charge is 0.448 e. The first kappa shape index (κ1) is 44.1. The van der Waals surface area contributed by atoms with Crippen molar-refractivity contribution >= 4 is 35.2 Å². The lowest BCUT2D eigenvalue weighted by Gasteiger charge is -2.07. The van der Waals surface area contributed by atoms with Crippen LogP contribution in [0.3, 0.4) is 0 Å². The summed E-state index contributed by atoms with van der Waals surface area (Å²) in [6.45, 7) is 6.64. The number of carbonyl (C=O) groups is 3.